The first-order valence-corrected chi connectivity index (χ1v) is 10.3. The molecule has 0 spiro atoms. The van der Waals surface area contributed by atoms with Crippen LogP contribution in [-0.4, -0.2) is 53.1 Å². The van der Waals surface area contributed by atoms with E-state index in [9.17, 15) is 9.59 Å². The number of ether oxygens (including phenoxy) is 2. The average molecular weight is 407 g/mol. The fraction of sp³-hybridized carbons (Fsp3) is 0.619. The minimum atomic E-state index is -0.231. The van der Waals surface area contributed by atoms with E-state index in [2.05, 4.69) is 9.88 Å². The number of nitrogens with one attached hydrogen (secondary N) is 1. The molecule has 1 aromatic heterocycles. The average Bonchev–Trinajstić information content (AvgIpc) is 3.15. The van der Waals surface area contributed by atoms with Crippen molar-refractivity contribution in [3.05, 3.63) is 29.5 Å². The number of esters is 2. The molecule has 2 rings (SSSR count). The van der Waals surface area contributed by atoms with E-state index in [4.69, 9.17) is 14.5 Å². The van der Waals surface area contributed by atoms with Gasteiger partial charge in [0.2, 0.25) is 0 Å². The van der Waals surface area contributed by atoms with Gasteiger partial charge in [-0.25, -0.2) is 4.48 Å². The predicted molar refractivity (Wildman–Crippen MR) is 111 cm³/mol. The zero-order chi connectivity index (χ0) is 21.6. The molecule has 1 atom stereocenters. The Hall–Kier alpha value is -2.35. The summed E-state index contributed by atoms with van der Waals surface area (Å²) in [6.07, 6.45) is 1.38. The van der Waals surface area contributed by atoms with Gasteiger partial charge in [0.1, 0.15) is 12.2 Å². The maximum absolute atomic E-state index is 12.1. The van der Waals surface area contributed by atoms with Crippen molar-refractivity contribution in [2.45, 2.75) is 60.8 Å². The van der Waals surface area contributed by atoms with Crippen LogP contribution in [0.2, 0.25) is 0 Å². The maximum atomic E-state index is 12.1. The fourth-order valence-corrected chi connectivity index (χ4v) is 3.40. The van der Waals surface area contributed by atoms with E-state index in [-0.39, 0.29) is 18.4 Å². The van der Waals surface area contributed by atoms with Gasteiger partial charge in [-0.1, -0.05) is 6.92 Å². The van der Waals surface area contributed by atoms with Gasteiger partial charge in [-0.2, -0.15) is 4.98 Å². The second-order valence-electron chi connectivity index (χ2n) is 7.37. The first-order chi connectivity index (χ1) is 13.7. The predicted octanol–water partition coefficient (Wildman–Crippen LogP) is 3.32. The number of hydrogen-bond donors (Lipinski definition) is 1. The second kappa shape index (κ2) is 9.91. The highest BCUT2D eigenvalue weighted by molar-refractivity contribution is 5.70. The quantitative estimate of drug-likeness (QED) is 0.474. The van der Waals surface area contributed by atoms with Gasteiger partial charge in [-0.05, 0) is 34.1 Å². The molecule has 8 heteroatoms. The van der Waals surface area contributed by atoms with E-state index in [1.54, 1.807) is 6.92 Å². The summed E-state index contributed by atoms with van der Waals surface area (Å²) in [4.78, 5) is 34.2. The number of nitrogens with zero attached hydrogens (tertiary/aromatic N) is 3. The number of H-pyrrole nitrogens is 1. The molecular weight excluding hydrogens is 372 g/mol. The van der Waals surface area contributed by atoms with E-state index in [1.165, 1.54) is 0 Å². The third-order valence-electron chi connectivity index (χ3n) is 5.38. The highest BCUT2D eigenvalue weighted by atomic mass is 16.5. The minimum Gasteiger partial charge on any atom is -0.466 e. The summed E-state index contributed by atoms with van der Waals surface area (Å²) in [5.74, 6) is 0.328. The van der Waals surface area contributed by atoms with E-state index in [0.717, 1.165) is 35.2 Å². The van der Waals surface area contributed by atoms with E-state index in [1.807, 2.05) is 41.3 Å². The Kier molecular flexibility index (Phi) is 7.84. The normalized spacial score (nSPS) is 19.0. The number of rotatable bonds is 10. The van der Waals surface area contributed by atoms with Crippen molar-refractivity contribution in [2.75, 3.05) is 26.3 Å². The number of aryl methyl sites for hydroxylation is 2. The Labute approximate surface area is 173 Å². The lowest BCUT2D eigenvalue weighted by molar-refractivity contribution is -0.144. The van der Waals surface area contributed by atoms with E-state index in [0.29, 0.717) is 37.2 Å². The molecule has 0 saturated carbocycles. The molecule has 1 aromatic rings. The molecule has 0 aromatic carbocycles. The third-order valence-corrected chi connectivity index (χ3v) is 5.38. The molecule has 2 heterocycles. The van der Waals surface area contributed by atoms with Gasteiger partial charge in [-0.15, -0.1) is 0 Å². The standard InChI is InChI=1S/C21H34N4O4/c1-7-13-29-19(26)9-11-24-14-25(18(6)17(24)5,12-10-20(27)28-8-2)21-22-15(3)16(4)23-21/h14H,7-13H2,1-6H3,(H,22,23)/q+1. The fourth-order valence-electron chi connectivity index (χ4n) is 3.40. The second-order valence-corrected chi connectivity index (χ2v) is 7.37. The first-order valence-electron chi connectivity index (χ1n) is 10.3. The van der Waals surface area contributed by atoms with Crippen LogP contribution in [-0.2, 0) is 19.1 Å². The van der Waals surface area contributed by atoms with Gasteiger partial charge in [0, 0.05) is 19.2 Å². The molecule has 0 bridgehead atoms. The Morgan fingerprint density at radius 1 is 1.10 bits per heavy atom. The van der Waals surface area contributed by atoms with Crippen LogP contribution in [0.15, 0.2) is 11.4 Å². The Morgan fingerprint density at radius 2 is 1.79 bits per heavy atom. The molecule has 1 N–H and O–H groups in total. The molecule has 0 fully saturated rings. The number of aromatic nitrogens is 2. The summed E-state index contributed by atoms with van der Waals surface area (Å²) < 4.78 is 10.6. The van der Waals surface area contributed by atoms with Crippen LogP contribution in [0.5, 0.6) is 0 Å². The van der Waals surface area contributed by atoms with Crippen molar-refractivity contribution < 1.29 is 19.1 Å². The zero-order valence-corrected chi connectivity index (χ0v) is 18.5. The van der Waals surface area contributed by atoms with Crippen molar-refractivity contribution in [3.8, 4) is 0 Å². The number of quaternary nitrogens is 1. The van der Waals surface area contributed by atoms with E-state index < -0.39 is 0 Å². The van der Waals surface area contributed by atoms with Crippen molar-refractivity contribution >= 4 is 17.9 Å². The summed E-state index contributed by atoms with van der Waals surface area (Å²) in [7, 11) is 0. The molecule has 1 unspecified atom stereocenters. The van der Waals surface area contributed by atoms with Gasteiger partial charge >= 0.3 is 17.9 Å². The molecule has 0 amide bonds. The zero-order valence-electron chi connectivity index (χ0n) is 18.5. The van der Waals surface area contributed by atoms with Gasteiger partial charge in [0.15, 0.2) is 0 Å². The van der Waals surface area contributed by atoms with Crippen molar-refractivity contribution in [2.24, 2.45) is 0 Å². The summed E-state index contributed by atoms with van der Waals surface area (Å²) in [6, 6.07) is 0. The van der Waals surface area contributed by atoms with Gasteiger partial charge in [0.05, 0.1) is 37.4 Å². The number of carbonyl (C=O) groups excluding carboxylic acids is 2. The van der Waals surface area contributed by atoms with Crippen molar-refractivity contribution in [1.29, 1.82) is 0 Å². The van der Waals surface area contributed by atoms with Crippen molar-refractivity contribution in [1.82, 2.24) is 19.4 Å². The lowest BCUT2D eigenvalue weighted by Crippen LogP contribution is -2.47. The van der Waals surface area contributed by atoms with Crippen LogP contribution in [0.1, 0.15) is 58.3 Å². The smallest absolute Gasteiger partial charge is 0.313 e. The molecule has 8 nitrogen and oxygen atoms in total. The van der Waals surface area contributed by atoms with E-state index >= 15 is 0 Å². The van der Waals surface area contributed by atoms with Crippen LogP contribution < -0.4 is 4.48 Å². The molecule has 29 heavy (non-hydrogen) atoms. The van der Waals surface area contributed by atoms with Crippen LogP contribution in [0.4, 0.5) is 5.95 Å². The number of imidazole rings is 1. The van der Waals surface area contributed by atoms with Gasteiger partial charge in [-0.3, -0.25) is 14.6 Å². The van der Waals surface area contributed by atoms with Crippen LogP contribution >= 0.6 is 0 Å². The monoisotopic (exact) mass is 406 g/mol. The third kappa shape index (κ3) is 5.18. The molecule has 1 radical (unpaired) electrons. The van der Waals surface area contributed by atoms with Gasteiger partial charge in [0.25, 0.3) is 6.67 Å². The first kappa shape index (κ1) is 22.9. The van der Waals surface area contributed by atoms with Crippen LogP contribution in [0, 0.1) is 20.5 Å². The molecule has 161 valence electrons. The molecule has 1 aliphatic rings. The van der Waals surface area contributed by atoms with Crippen LogP contribution in [0.25, 0.3) is 0 Å². The highest BCUT2D eigenvalue weighted by Gasteiger charge is 2.47. The molecule has 0 aliphatic carbocycles. The number of hydrogen-bond acceptors (Lipinski definition) is 6. The number of aromatic amines is 1. The summed E-state index contributed by atoms with van der Waals surface area (Å²) in [5, 5.41) is 0. The molecule has 1 aliphatic heterocycles. The lowest BCUT2D eigenvalue weighted by Gasteiger charge is -2.31. The van der Waals surface area contributed by atoms with Crippen molar-refractivity contribution in [3.63, 3.8) is 0 Å². The largest absolute Gasteiger partial charge is 0.466 e. The van der Waals surface area contributed by atoms with Crippen LogP contribution in [0.3, 0.4) is 0 Å². The lowest BCUT2D eigenvalue weighted by atomic mass is 10.2. The number of allylic oxidation sites excluding steroid dienone is 2. The molecule has 0 saturated heterocycles. The summed E-state index contributed by atoms with van der Waals surface area (Å²) >= 11 is 0. The Morgan fingerprint density at radius 3 is 2.38 bits per heavy atom. The minimum absolute atomic E-state index is 0.202. The highest BCUT2D eigenvalue weighted by Crippen LogP contribution is 2.39. The molecular formula is C21H34N4O4+. The number of carbonyl (C=O) groups is 2. The summed E-state index contributed by atoms with van der Waals surface area (Å²) in [6.45, 7) is 15.6. The topological polar surface area (TPSA) is 84.5 Å². The Bertz CT molecular complexity index is 751. The SMILES string of the molecule is CCCOC(=O)CCN1[CH][N+](CCC(=O)OCC)(c2nc(C)c(C)[nH]2)C(C)=C1C. The Balaban J connectivity index is 2.24. The maximum Gasteiger partial charge on any atom is 0.313 e. The van der Waals surface area contributed by atoms with Gasteiger partial charge < -0.3 is 14.4 Å². The summed E-state index contributed by atoms with van der Waals surface area (Å²) in [5.41, 5.74) is 4.02.